The van der Waals surface area contributed by atoms with Crippen LogP contribution in [-0.4, -0.2) is 12.2 Å². The van der Waals surface area contributed by atoms with Crippen molar-refractivity contribution < 1.29 is 9.84 Å². The lowest BCUT2D eigenvalue weighted by atomic mass is 9.86. The highest BCUT2D eigenvalue weighted by atomic mass is 16.5. The van der Waals surface area contributed by atoms with Gasteiger partial charge >= 0.3 is 0 Å². The lowest BCUT2D eigenvalue weighted by molar-refractivity contribution is 0.0799. The Bertz CT molecular complexity index is 618. The van der Waals surface area contributed by atoms with Crippen molar-refractivity contribution in [1.29, 1.82) is 0 Å². The second-order valence-electron chi connectivity index (χ2n) is 5.22. The van der Waals surface area contributed by atoms with E-state index in [1.54, 1.807) is 7.11 Å². The minimum Gasteiger partial charge on any atom is -0.496 e. The highest BCUT2D eigenvalue weighted by Gasteiger charge is 2.40. The summed E-state index contributed by atoms with van der Waals surface area (Å²) in [5.74, 6) is 0.749. The summed E-state index contributed by atoms with van der Waals surface area (Å²) in [5, 5.41) is 11.2. The van der Waals surface area contributed by atoms with Crippen molar-refractivity contribution in [2.45, 2.75) is 25.4 Å². The number of benzene rings is 2. The van der Waals surface area contributed by atoms with E-state index in [9.17, 15) is 5.11 Å². The fourth-order valence-electron chi connectivity index (χ4n) is 3.01. The Morgan fingerprint density at radius 3 is 2.68 bits per heavy atom. The molecule has 1 unspecified atom stereocenters. The summed E-state index contributed by atoms with van der Waals surface area (Å²) >= 11 is 0. The highest BCUT2D eigenvalue weighted by Crippen LogP contribution is 2.45. The van der Waals surface area contributed by atoms with Crippen LogP contribution < -0.4 is 4.74 Å². The van der Waals surface area contributed by atoms with Crippen molar-refractivity contribution in [2.75, 3.05) is 7.11 Å². The van der Waals surface area contributed by atoms with Gasteiger partial charge in [-0.1, -0.05) is 42.0 Å². The second-order valence-corrected chi connectivity index (χ2v) is 5.22. The number of hydrogen-bond donors (Lipinski definition) is 1. The molecule has 0 bridgehead atoms. The lowest BCUT2D eigenvalue weighted by Crippen LogP contribution is -2.24. The molecule has 19 heavy (non-hydrogen) atoms. The first-order chi connectivity index (χ1) is 9.15. The summed E-state index contributed by atoms with van der Waals surface area (Å²) in [5.41, 5.74) is 3.38. The summed E-state index contributed by atoms with van der Waals surface area (Å²) in [6.45, 7) is 2.06. The van der Waals surface area contributed by atoms with Gasteiger partial charge in [0.15, 0.2) is 0 Å². The van der Waals surface area contributed by atoms with Gasteiger partial charge < -0.3 is 9.84 Å². The predicted octanol–water partition coefficient (Wildman–Crippen LogP) is 3.19. The summed E-state index contributed by atoms with van der Waals surface area (Å²) in [6, 6.07) is 14.1. The van der Waals surface area contributed by atoms with E-state index in [0.717, 1.165) is 23.3 Å². The van der Waals surface area contributed by atoms with Gasteiger partial charge in [0, 0.05) is 5.56 Å². The van der Waals surface area contributed by atoms with Gasteiger partial charge in [-0.05, 0) is 37.0 Å². The first kappa shape index (κ1) is 12.2. The Morgan fingerprint density at radius 1 is 1.11 bits per heavy atom. The summed E-state index contributed by atoms with van der Waals surface area (Å²) in [6.07, 6.45) is 1.62. The number of aryl methyl sites for hydroxylation is 2. The van der Waals surface area contributed by atoms with Crippen LogP contribution in [0.5, 0.6) is 5.75 Å². The molecule has 0 saturated heterocycles. The largest absolute Gasteiger partial charge is 0.496 e. The fraction of sp³-hybridized carbons (Fsp3) is 0.294. The summed E-state index contributed by atoms with van der Waals surface area (Å²) in [7, 11) is 1.65. The van der Waals surface area contributed by atoms with Gasteiger partial charge in [0.2, 0.25) is 0 Å². The molecule has 2 heteroatoms. The number of fused-ring (bicyclic) bond motifs is 1. The molecule has 1 atom stereocenters. The molecule has 2 aromatic rings. The maximum atomic E-state index is 11.2. The maximum Gasteiger partial charge on any atom is 0.125 e. The summed E-state index contributed by atoms with van der Waals surface area (Å²) < 4.78 is 5.41. The third kappa shape index (κ3) is 1.83. The SMILES string of the molecule is COc1ccccc1C1(O)CCc2ccc(C)cc21. The van der Waals surface area contributed by atoms with Crippen LogP contribution in [0.15, 0.2) is 42.5 Å². The monoisotopic (exact) mass is 254 g/mol. The first-order valence-electron chi connectivity index (χ1n) is 6.61. The molecule has 3 rings (SSSR count). The lowest BCUT2D eigenvalue weighted by Gasteiger charge is -2.26. The van der Waals surface area contributed by atoms with Gasteiger partial charge in [-0.3, -0.25) is 0 Å². The molecule has 0 fully saturated rings. The first-order valence-corrected chi connectivity index (χ1v) is 6.61. The fourth-order valence-corrected chi connectivity index (χ4v) is 3.01. The quantitative estimate of drug-likeness (QED) is 0.892. The third-order valence-electron chi connectivity index (χ3n) is 4.02. The Morgan fingerprint density at radius 2 is 1.89 bits per heavy atom. The van der Waals surface area contributed by atoms with Gasteiger partial charge in [-0.15, -0.1) is 0 Å². The molecule has 0 aromatic heterocycles. The van der Waals surface area contributed by atoms with Gasteiger partial charge in [0.05, 0.1) is 7.11 Å². The van der Waals surface area contributed by atoms with Crippen molar-refractivity contribution >= 4 is 0 Å². The van der Waals surface area contributed by atoms with Crippen LogP contribution in [0, 0.1) is 6.92 Å². The van der Waals surface area contributed by atoms with Crippen molar-refractivity contribution in [3.05, 3.63) is 64.7 Å². The number of para-hydroxylation sites is 1. The molecule has 1 aliphatic rings. The van der Waals surface area contributed by atoms with Gasteiger partial charge in [0.1, 0.15) is 11.4 Å². The van der Waals surface area contributed by atoms with E-state index in [1.807, 2.05) is 24.3 Å². The number of ether oxygens (including phenoxy) is 1. The van der Waals surface area contributed by atoms with E-state index in [-0.39, 0.29) is 0 Å². The van der Waals surface area contributed by atoms with Crippen LogP contribution in [0.2, 0.25) is 0 Å². The molecule has 98 valence electrons. The van der Waals surface area contributed by atoms with Crippen LogP contribution in [-0.2, 0) is 12.0 Å². The topological polar surface area (TPSA) is 29.5 Å². The van der Waals surface area contributed by atoms with Gasteiger partial charge in [-0.2, -0.15) is 0 Å². The Balaban J connectivity index is 2.19. The van der Waals surface area contributed by atoms with E-state index in [0.29, 0.717) is 6.42 Å². The molecular weight excluding hydrogens is 236 g/mol. The predicted molar refractivity (Wildman–Crippen MR) is 75.5 cm³/mol. The Kier molecular flexibility index (Phi) is 2.83. The van der Waals surface area contributed by atoms with E-state index >= 15 is 0 Å². The molecule has 2 aromatic carbocycles. The molecule has 2 nitrogen and oxygen atoms in total. The smallest absolute Gasteiger partial charge is 0.125 e. The van der Waals surface area contributed by atoms with Crippen molar-refractivity contribution in [3.8, 4) is 5.75 Å². The molecule has 0 heterocycles. The Labute approximate surface area is 113 Å². The second kappa shape index (κ2) is 4.39. The molecule has 0 amide bonds. The average Bonchev–Trinajstić information content (AvgIpc) is 2.77. The van der Waals surface area contributed by atoms with E-state index in [2.05, 4.69) is 25.1 Å². The standard InChI is InChI=1S/C17H18O2/c1-12-7-8-13-9-10-17(18,15(13)11-12)14-5-3-4-6-16(14)19-2/h3-8,11,18H,9-10H2,1-2H3. The minimum absolute atomic E-state index is 0.714. The number of hydrogen-bond acceptors (Lipinski definition) is 2. The van der Waals surface area contributed by atoms with Gasteiger partial charge in [0.25, 0.3) is 0 Å². The zero-order valence-electron chi connectivity index (χ0n) is 11.3. The van der Waals surface area contributed by atoms with Crippen LogP contribution in [0.3, 0.4) is 0 Å². The average molecular weight is 254 g/mol. The van der Waals surface area contributed by atoms with Crippen LogP contribution in [0.4, 0.5) is 0 Å². The molecule has 0 saturated carbocycles. The zero-order chi connectivity index (χ0) is 13.5. The molecule has 0 aliphatic heterocycles. The van der Waals surface area contributed by atoms with E-state index in [1.165, 1.54) is 11.1 Å². The molecule has 1 N–H and O–H groups in total. The highest BCUT2D eigenvalue weighted by molar-refractivity contribution is 5.51. The van der Waals surface area contributed by atoms with E-state index in [4.69, 9.17) is 4.74 Å². The molecule has 1 aliphatic carbocycles. The van der Waals surface area contributed by atoms with Crippen LogP contribution in [0.1, 0.15) is 28.7 Å². The van der Waals surface area contributed by atoms with Crippen molar-refractivity contribution in [3.63, 3.8) is 0 Å². The minimum atomic E-state index is -0.923. The Hall–Kier alpha value is -1.80. The molecular formula is C17H18O2. The van der Waals surface area contributed by atoms with Gasteiger partial charge in [-0.25, -0.2) is 0 Å². The zero-order valence-corrected chi connectivity index (χ0v) is 11.3. The third-order valence-corrected chi connectivity index (χ3v) is 4.02. The molecule has 0 spiro atoms. The number of rotatable bonds is 2. The summed E-state index contributed by atoms with van der Waals surface area (Å²) in [4.78, 5) is 0. The van der Waals surface area contributed by atoms with E-state index < -0.39 is 5.60 Å². The van der Waals surface area contributed by atoms with Crippen molar-refractivity contribution in [2.24, 2.45) is 0 Å². The molecule has 0 radical (unpaired) electrons. The van der Waals surface area contributed by atoms with Crippen LogP contribution in [0.25, 0.3) is 0 Å². The maximum absolute atomic E-state index is 11.2. The van der Waals surface area contributed by atoms with Crippen LogP contribution >= 0.6 is 0 Å². The number of aliphatic hydroxyl groups is 1. The number of methoxy groups -OCH3 is 1. The van der Waals surface area contributed by atoms with Crippen molar-refractivity contribution in [1.82, 2.24) is 0 Å². The normalized spacial score (nSPS) is 21.2.